The first kappa shape index (κ1) is 21.6. The molecule has 0 bridgehead atoms. The van der Waals surface area contributed by atoms with E-state index in [-0.39, 0.29) is 17.2 Å². The van der Waals surface area contributed by atoms with Crippen molar-refractivity contribution in [2.75, 3.05) is 17.2 Å². The first-order chi connectivity index (χ1) is 16.7. The van der Waals surface area contributed by atoms with E-state index >= 15 is 0 Å². The minimum Gasteiger partial charge on any atom is -0.311 e. The fraction of sp³-hybridized carbons (Fsp3) is 0.296. The van der Waals surface area contributed by atoms with Crippen molar-refractivity contribution in [3.63, 3.8) is 0 Å². The van der Waals surface area contributed by atoms with Gasteiger partial charge in [0, 0.05) is 17.1 Å². The van der Waals surface area contributed by atoms with Gasteiger partial charge in [0.2, 0.25) is 5.91 Å². The Hall–Kier alpha value is -2.90. The highest BCUT2D eigenvalue weighted by atomic mass is 32.2. The van der Waals surface area contributed by atoms with Crippen LogP contribution in [0.5, 0.6) is 0 Å². The molecule has 0 spiro atoms. The molecular formula is C27H25N3O2S2. The fourth-order valence-corrected chi connectivity index (χ4v) is 7.25. The van der Waals surface area contributed by atoms with E-state index in [2.05, 4.69) is 6.07 Å². The summed E-state index contributed by atoms with van der Waals surface area (Å²) in [4.78, 5) is 35.9. The predicted molar refractivity (Wildman–Crippen MR) is 139 cm³/mol. The lowest BCUT2D eigenvalue weighted by Gasteiger charge is -2.29. The lowest BCUT2D eigenvalue weighted by molar-refractivity contribution is -0.116. The minimum atomic E-state index is 0.0199. The number of carbonyl (C=O) groups excluding carboxylic acids is 1. The average molecular weight is 488 g/mol. The zero-order valence-electron chi connectivity index (χ0n) is 18.8. The predicted octanol–water partition coefficient (Wildman–Crippen LogP) is 5.07. The van der Waals surface area contributed by atoms with Crippen LogP contribution < -0.4 is 10.5 Å². The molecular weight excluding hydrogens is 462 g/mol. The number of amides is 1. The topological polar surface area (TPSA) is 55.2 Å². The van der Waals surface area contributed by atoms with Crippen LogP contribution in [0.25, 0.3) is 10.2 Å². The molecule has 4 aromatic rings. The number of thiophene rings is 1. The van der Waals surface area contributed by atoms with Gasteiger partial charge in [0.25, 0.3) is 5.56 Å². The summed E-state index contributed by atoms with van der Waals surface area (Å²) in [5.41, 5.74) is 4.50. The number of aromatic nitrogens is 2. The molecule has 0 N–H and O–H groups in total. The van der Waals surface area contributed by atoms with Gasteiger partial charge in [0.15, 0.2) is 5.16 Å². The number of hydrogen-bond donors (Lipinski definition) is 0. The van der Waals surface area contributed by atoms with E-state index < -0.39 is 0 Å². The maximum atomic E-state index is 13.7. The van der Waals surface area contributed by atoms with E-state index in [9.17, 15) is 9.59 Å². The average Bonchev–Trinajstić information content (AvgIpc) is 3.46. The summed E-state index contributed by atoms with van der Waals surface area (Å²) >= 11 is 3.03. The highest BCUT2D eigenvalue weighted by molar-refractivity contribution is 7.99. The Morgan fingerprint density at radius 3 is 2.71 bits per heavy atom. The smallest absolute Gasteiger partial charge is 0.263 e. The van der Waals surface area contributed by atoms with E-state index in [1.807, 2.05) is 53.4 Å². The van der Waals surface area contributed by atoms with Crippen molar-refractivity contribution in [2.24, 2.45) is 0 Å². The zero-order chi connectivity index (χ0) is 23.1. The zero-order valence-corrected chi connectivity index (χ0v) is 20.5. The third kappa shape index (κ3) is 3.87. The molecule has 1 aliphatic carbocycles. The number of rotatable bonds is 5. The Labute approximate surface area is 206 Å². The molecule has 2 aromatic heterocycles. The quantitative estimate of drug-likeness (QED) is 0.291. The van der Waals surface area contributed by atoms with E-state index in [1.54, 1.807) is 15.9 Å². The van der Waals surface area contributed by atoms with Gasteiger partial charge in [-0.2, -0.15) is 0 Å². The molecule has 1 aliphatic heterocycles. The second kappa shape index (κ2) is 9.04. The van der Waals surface area contributed by atoms with Gasteiger partial charge in [0.1, 0.15) is 4.83 Å². The lowest BCUT2D eigenvalue weighted by atomic mass is 10.0. The Bertz CT molecular complexity index is 1440. The van der Waals surface area contributed by atoms with Gasteiger partial charge in [-0.1, -0.05) is 60.3 Å². The molecule has 0 radical (unpaired) electrons. The summed E-state index contributed by atoms with van der Waals surface area (Å²) < 4.78 is 1.77. The molecule has 2 aliphatic rings. The van der Waals surface area contributed by atoms with Crippen molar-refractivity contribution in [1.82, 2.24) is 9.55 Å². The normalized spacial score (nSPS) is 14.9. The Balaban J connectivity index is 1.34. The highest BCUT2D eigenvalue weighted by Crippen LogP contribution is 2.36. The van der Waals surface area contributed by atoms with Gasteiger partial charge in [-0.25, -0.2) is 4.98 Å². The molecule has 172 valence electrons. The van der Waals surface area contributed by atoms with Crippen LogP contribution in [0.2, 0.25) is 0 Å². The molecule has 0 unspecified atom stereocenters. The SMILES string of the molecule is O=C(CSc1nc2sc3c(c2c(=O)n1Cc1ccccc1)CCC3)N1CCCc2ccccc21. The van der Waals surface area contributed by atoms with E-state index in [1.165, 1.54) is 27.8 Å². The van der Waals surface area contributed by atoms with Crippen molar-refractivity contribution in [1.29, 1.82) is 0 Å². The summed E-state index contributed by atoms with van der Waals surface area (Å²) in [5.74, 6) is 0.318. The third-order valence-electron chi connectivity index (χ3n) is 6.71. The van der Waals surface area contributed by atoms with Gasteiger partial charge >= 0.3 is 0 Å². The first-order valence-corrected chi connectivity index (χ1v) is 13.6. The summed E-state index contributed by atoms with van der Waals surface area (Å²) in [6, 6.07) is 18.1. The molecule has 0 fully saturated rings. The van der Waals surface area contributed by atoms with E-state index in [4.69, 9.17) is 4.98 Å². The van der Waals surface area contributed by atoms with Crippen LogP contribution in [-0.4, -0.2) is 27.8 Å². The van der Waals surface area contributed by atoms with Gasteiger partial charge in [-0.05, 0) is 54.9 Å². The highest BCUT2D eigenvalue weighted by Gasteiger charge is 2.25. The fourth-order valence-electron chi connectivity index (χ4n) is 5.07. The molecule has 0 saturated carbocycles. The Morgan fingerprint density at radius 2 is 1.82 bits per heavy atom. The van der Waals surface area contributed by atoms with Gasteiger partial charge < -0.3 is 4.90 Å². The molecule has 34 heavy (non-hydrogen) atoms. The van der Waals surface area contributed by atoms with Crippen LogP contribution in [0.15, 0.2) is 64.5 Å². The van der Waals surface area contributed by atoms with Crippen LogP contribution in [-0.2, 0) is 30.6 Å². The van der Waals surface area contributed by atoms with Crippen molar-refractivity contribution in [3.05, 3.63) is 86.5 Å². The summed E-state index contributed by atoms with van der Waals surface area (Å²) in [7, 11) is 0. The standard InChI is InChI=1S/C27H25N3O2S2/c31-23(29-15-7-11-19-10-4-5-13-21(19)29)17-33-27-28-25-24(20-12-6-14-22(20)34-25)26(32)30(27)16-18-8-2-1-3-9-18/h1-5,8-10,13H,6-7,11-12,14-17H2. The van der Waals surface area contributed by atoms with Gasteiger partial charge in [-0.15, -0.1) is 11.3 Å². The van der Waals surface area contributed by atoms with Gasteiger partial charge in [0.05, 0.1) is 17.7 Å². The van der Waals surface area contributed by atoms with Crippen LogP contribution >= 0.6 is 23.1 Å². The molecule has 1 amide bonds. The number of fused-ring (bicyclic) bond motifs is 4. The van der Waals surface area contributed by atoms with Crippen molar-refractivity contribution < 1.29 is 4.79 Å². The number of nitrogens with zero attached hydrogens (tertiary/aromatic N) is 3. The number of anilines is 1. The van der Waals surface area contributed by atoms with Crippen molar-refractivity contribution in [2.45, 2.75) is 43.8 Å². The van der Waals surface area contributed by atoms with Crippen LogP contribution in [0.4, 0.5) is 5.69 Å². The molecule has 2 aromatic carbocycles. The molecule has 3 heterocycles. The van der Waals surface area contributed by atoms with E-state index in [0.29, 0.717) is 11.7 Å². The van der Waals surface area contributed by atoms with Crippen LogP contribution in [0.1, 0.15) is 34.4 Å². The number of carbonyl (C=O) groups is 1. The monoisotopic (exact) mass is 487 g/mol. The number of thioether (sulfide) groups is 1. The number of hydrogen-bond acceptors (Lipinski definition) is 5. The van der Waals surface area contributed by atoms with E-state index in [0.717, 1.165) is 60.1 Å². The van der Waals surface area contributed by atoms with Gasteiger partial charge in [-0.3, -0.25) is 14.2 Å². The maximum absolute atomic E-state index is 13.7. The minimum absolute atomic E-state index is 0.0199. The molecule has 0 saturated heterocycles. The Morgan fingerprint density at radius 1 is 1.00 bits per heavy atom. The van der Waals surface area contributed by atoms with Crippen molar-refractivity contribution in [3.8, 4) is 0 Å². The number of benzene rings is 2. The molecule has 5 nitrogen and oxygen atoms in total. The maximum Gasteiger partial charge on any atom is 0.263 e. The van der Waals surface area contributed by atoms with Crippen LogP contribution in [0, 0.1) is 0 Å². The number of aryl methyl sites for hydroxylation is 3. The summed E-state index contributed by atoms with van der Waals surface area (Å²) in [5, 5.41) is 1.41. The first-order valence-electron chi connectivity index (χ1n) is 11.8. The molecule has 6 rings (SSSR count). The second-order valence-electron chi connectivity index (χ2n) is 8.88. The largest absolute Gasteiger partial charge is 0.311 e. The summed E-state index contributed by atoms with van der Waals surface area (Å²) in [6.45, 7) is 1.19. The number of para-hydroxylation sites is 1. The van der Waals surface area contributed by atoms with Crippen LogP contribution in [0.3, 0.4) is 0 Å². The third-order valence-corrected chi connectivity index (χ3v) is 8.86. The molecule has 7 heteroatoms. The lowest BCUT2D eigenvalue weighted by Crippen LogP contribution is -2.36. The molecule has 0 atom stereocenters. The summed E-state index contributed by atoms with van der Waals surface area (Å²) in [6.07, 6.45) is 5.07. The Kier molecular flexibility index (Phi) is 5.75. The van der Waals surface area contributed by atoms with Crippen molar-refractivity contribution >= 4 is 44.9 Å². The second-order valence-corrected chi connectivity index (χ2v) is 10.9.